The van der Waals surface area contributed by atoms with Gasteiger partial charge in [-0.2, -0.15) is 0 Å². The molecule has 0 aromatic carbocycles. The molecule has 0 heterocycles. The predicted molar refractivity (Wildman–Crippen MR) is 42.5 cm³/mol. The molecule has 0 aliphatic rings. The zero-order valence-corrected chi connectivity index (χ0v) is 6.94. The molecule has 9 heavy (non-hydrogen) atoms. The van der Waals surface area contributed by atoms with E-state index in [4.69, 9.17) is 0 Å². The van der Waals surface area contributed by atoms with Gasteiger partial charge in [0, 0.05) is 6.54 Å². The summed E-state index contributed by atoms with van der Waals surface area (Å²) in [5, 5.41) is 0. The highest BCUT2D eigenvalue weighted by molar-refractivity contribution is 4.94. The van der Waals surface area contributed by atoms with Crippen molar-refractivity contribution in [1.82, 2.24) is 4.90 Å². The zero-order chi connectivity index (χ0) is 7.44. The van der Waals surface area contributed by atoms with Crippen LogP contribution in [0.2, 0.25) is 0 Å². The predicted octanol–water partition coefficient (Wildman–Crippen LogP) is 1.76. The van der Waals surface area contributed by atoms with E-state index in [1.807, 2.05) is 0 Å². The van der Waals surface area contributed by atoms with Gasteiger partial charge in [-0.1, -0.05) is 19.1 Å². The molecule has 0 N–H and O–H groups in total. The number of hydrogen-bond acceptors (Lipinski definition) is 1. The van der Waals surface area contributed by atoms with Gasteiger partial charge in [-0.15, -0.1) is 0 Å². The Hall–Kier alpha value is -0.300. The van der Waals surface area contributed by atoms with Crippen LogP contribution in [-0.2, 0) is 0 Å². The first-order valence-corrected chi connectivity index (χ1v) is 3.34. The topological polar surface area (TPSA) is 3.24 Å². The van der Waals surface area contributed by atoms with Crippen molar-refractivity contribution >= 4 is 0 Å². The van der Waals surface area contributed by atoms with Gasteiger partial charge in [0.15, 0.2) is 0 Å². The molecule has 1 heteroatoms. The maximum Gasteiger partial charge on any atom is 0.00380 e. The summed E-state index contributed by atoms with van der Waals surface area (Å²) in [5.74, 6) is 0.625. The van der Waals surface area contributed by atoms with Gasteiger partial charge in [0.25, 0.3) is 0 Å². The first kappa shape index (κ1) is 8.70. The zero-order valence-electron chi connectivity index (χ0n) is 6.94. The minimum absolute atomic E-state index is 0.625. The standard InChI is InChI=1S/C8H17N/c1-7(2)8(3)6-9(4)5/h8H,1,6H2,2-5H3. The third-order valence-electron chi connectivity index (χ3n) is 1.48. The lowest BCUT2D eigenvalue weighted by atomic mass is 10.1. The molecule has 0 aromatic heterocycles. The molecule has 0 spiro atoms. The van der Waals surface area contributed by atoms with Crippen LogP contribution in [-0.4, -0.2) is 25.5 Å². The Kier molecular flexibility index (Phi) is 3.55. The molecule has 0 aliphatic carbocycles. The molecular formula is C8H17N. The highest BCUT2D eigenvalue weighted by atomic mass is 15.1. The van der Waals surface area contributed by atoms with E-state index in [0.29, 0.717) is 5.92 Å². The van der Waals surface area contributed by atoms with E-state index in [1.165, 1.54) is 5.57 Å². The molecule has 1 unspecified atom stereocenters. The van der Waals surface area contributed by atoms with Gasteiger partial charge in [0.05, 0.1) is 0 Å². The lowest BCUT2D eigenvalue weighted by Gasteiger charge is -2.16. The first-order valence-electron chi connectivity index (χ1n) is 3.34. The molecule has 0 fully saturated rings. The van der Waals surface area contributed by atoms with Crippen LogP contribution in [0, 0.1) is 5.92 Å². The van der Waals surface area contributed by atoms with Crippen LogP contribution in [0.5, 0.6) is 0 Å². The molecule has 54 valence electrons. The Morgan fingerprint density at radius 2 is 2.00 bits per heavy atom. The Balaban J connectivity index is 3.50. The van der Waals surface area contributed by atoms with Gasteiger partial charge < -0.3 is 4.90 Å². The highest BCUT2D eigenvalue weighted by Gasteiger charge is 2.01. The van der Waals surface area contributed by atoms with E-state index in [2.05, 4.69) is 39.4 Å². The molecule has 0 saturated heterocycles. The quantitative estimate of drug-likeness (QED) is 0.522. The van der Waals surface area contributed by atoms with Crippen LogP contribution in [0.15, 0.2) is 12.2 Å². The fourth-order valence-corrected chi connectivity index (χ4v) is 0.704. The molecular weight excluding hydrogens is 110 g/mol. The summed E-state index contributed by atoms with van der Waals surface area (Å²) in [6, 6.07) is 0. The fraction of sp³-hybridized carbons (Fsp3) is 0.750. The van der Waals surface area contributed by atoms with Crippen molar-refractivity contribution in [2.24, 2.45) is 5.92 Å². The van der Waals surface area contributed by atoms with Crippen LogP contribution in [0.1, 0.15) is 13.8 Å². The van der Waals surface area contributed by atoms with Crippen molar-refractivity contribution < 1.29 is 0 Å². The second-order valence-corrected chi connectivity index (χ2v) is 3.01. The third kappa shape index (κ3) is 4.22. The van der Waals surface area contributed by atoms with Gasteiger partial charge in [-0.25, -0.2) is 0 Å². The maximum absolute atomic E-state index is 3.88. The van der Waals surface area contributed by atoms with E-state index in [0.717, 1.165) is 6.54 Å². The van der Waals surface area contributed by atoms with Crippen molar-refractivity contribution in [3.63, 3.8) is 0 Å². The van der Waals surface area contributed by atoms with Crippen LogP contribution >= 0.6 is 0 Å². The molecule has 1 atom stereocenters. The Bertz CT molecular complexity index is 94.7. The van der Waals surface area contributed by atoms with E-state index in [1.54, 1.807) is 0 Å². The van der Waals surface area contributed by atoms with Crippen molar-refractivity contribution in [3.05, 3.63) is 12.2 Å². The van der Waals surface area contributed by atoms with Crippen LogP contribution in [0.3, 0.4) is 0 Å². The van der Waals surface area contributed by atoms with E-state index >= 15 is 0 Å². The molecule has 0 rings (SSSR count). The van der Waals surface area contributed by atoms with Crippen LogP contribution < -0.4 is 0 Å². The third-order valence-corrected chi connectivity index (χ3v) is 1.48. The smallest absolute Gasteiger partial charge is 0.00380 e. The SMILES string of the molecule is C=C(C)C(C)CN(C)C. The van der Waals surface area contributed by atoms with Crippen LogP contribution in [0.4, 0.5) is 0 Å². The lowest BCUT2D eigenvalue weighted by molar-refractivity contribution is 0.363. The summed E-state index contributed by atoms with van der Waals surface area (Å²) in [6.07, 6.45) is 0. The van der Waals surface area contributed by atoms with Crippen LogP contribution in [0.25, 0.3) is 0 Å². The van der Waals surface area contributed by atoms with Crippen molar-refractivity contribution in [2.75, 3.05) is 20.6 Å². The summed E-state index contributed by atoms with van der Waals surface area (Å²) in [5.41, 5.74) is 1.27. The van der Waals surface area contributed by atoms with Crippen molar-refractivity contribution in [1.29, 1.82) is 0 Å². The van der Waals surface area contributed by atoms with Crippen molar-refractivity contribution in [3.8, 4) is 0 Å². The van der Waals surface area contributed by atoms with Crippen molar-refractivity contribution in [2.45, 2.75) is 13.8 Å². The monoisotopic (exact) mass is 127 g/mol. The van der Waals surface area contributed by atoms with E-state index in [-0.39, 0.29) is 0 Å². The average molecular weight is 127 g/mol. The second-order valence-electron chi connectivity index (χ2n) is 3.01. The van der Waals surface area contributed by atoms with E-state index < -0.39 is 0 Å². The molecule has 0 saturated carbocycles. The number of rotatable bonds is 3. The number of nitrogens with zero attached hydrogens (tertiary/aromatic N) is 1. The number of hydrogen-bond donors (Lipinski definition) is 0. The molecule has 0 amide bonds. The fourth-order valence-electron chi connectivity index (χ4n) is 0.704. The molecule has 1 nitrogen and oxygen atoms in total. The largest absolute Gasteiger partial charge is 0.309 e. The van der Waals surface area contributed by atoms with Gasteiger partial charge in [-0.3, -0.25) is 0 Å². The Morgan fingerprint density at radius 3 is 2.11 bits per heavy atom. The first-order chi connectivity index (χ1) is 4.04. The normalized spacial score (nSPS) is 13.9. The summed E-state index contributed by atoms with van der Waals surface area (Å²) >= 11 is 0. The van der Waals surface area contributed by atoms with Gasteiger partial charge in [0.1, 0.15) is 0 Å². The molecule has 0 aliphatic heterocycles. The Morgan fingerprint density at radius 1 is 1.56 bits per heavy atom. The summed E-state index contributed by atoms with van der Waals surface area (Å²) in [4.78, 5) is 2.18. The van der Waals surface area contributed by atoms with Gasteiger partial charge >= 0.3 is 0 Å². The highest BCUT2D eigenvalue weighted by Crippen LogP contribution is 2.06. The van der Waals surface area contributed by atoms with E-state index in [9.17, 15) is 0 Å². The second kappa shape index (κ2) is 3.67. The summed E-state index contributed by atoms with van der Waals surface area (Å²) in [7, 11) is 4.17. The van der Waals surface area contributed by atoms with Gasteiger partial charge in [-0.05, 0) is 26.9 Å². The molecule has 0 bridgehead atoms. The summed E-state index contributed by atoms with van der Waals surface area (Å²) < 4.78 is 0. The molecule has 0 aromatic rings. The Labute approximate surface area is 58.4 Å². The van der Waals surface area contributed by atoms with Gasteiger partial charge in [0.2, 0.25) is 0 Å². The lowest BCUT2D eigenvalue weighted by Crippen LogP contribution is -2.19. The minimum atomic E-state index is 0.625. The molecule has 0 radical (unpaired) electrons. The maximum atomic E-state index is 3.88. The average Bonchev–Trinajstić information content (AvgIpc) is 1.63. The minimum Gasteiger partial charge on any atom is -0.309 e. The summed E-state index contributed by atoms with van der Waals surface area (Å²) in [6.45, 7) is 9.26.